The van der Waals surface area contributed by atoms with Crippen molar-refractivity contribution in [3.8, 4) is 0 Å². The van der Waals surface area contributed by atoms with Crippen LogP contribution >= 0.6 is 11.8 Å². The number of rotatable bonds is 2. The molecule has 0 fully saturated rings. The van der Waals surface area contributed by atoms with Gasteiger partial charge in [-0.1, -0.05) is 11.8 Å². The van der Waals surface area contributed by atoms with Gasteiger partial charge in [0.05, 0.1) is 0 Å². The van der Waals surface area contributed by atoms with Crippen LogP contribution in [-0.4, -0.2) is 38.3 Å². The van der Waals surface area contributed by atoms with E-state index in [1.54, 1.807) is 27.0 Å². The zero-order chi connectivity index (χ0) is 12.2. The summed E-state index contributed by atoms with van der Waals surface area (Å²) in [5, 5.41) is 17.5. The van der Waals surface area contributed by atoms with Gasteiger partial charge in [-0.05, 0) is 27.0 Å². The van der Waals surface area contributed by atoms with E-state index in [0.717, 1.165) is 0 Å². The lowest BCUT2D eigenvalue weighted by Gasteiger charge is -2.18. The number of amides is 1. The number of hydrogen-bond acceptors (Lipinski definition) is 7. The minimum atomic E-state index is -0.631. The van der Waals surface area contributed by atoms with Gasteiger partial charge in [0.1, 0.15) is 5.60 Å². The van der Waals surface area contributed by atoms with Gasteiger partial charge >= 0.3 is 6.09 Å². The van der Waals surface area contributed by atoms with Gasteiger partial charge in [-0.2, -0.15) is 0 Å². The number of aromatic nitrogens is 4. The quantitative estimate of drug-likeness (QED) is 0.783. The normalized spacial score (nSPS) is 11.0. The first-order valence-corrected chi connectivity index (χ1v) is 5.74. The van der Waals surface area contributed by atoms with Crippen LogP contribution in [0.2, 0.25) is 0 Å². The molecule has 1 rings (SSSR count). The maximum absolute atomic E-state index is 11.3. The maximum atomic E-state index is 11.3. The molecule has 0 aromatic carbocycles. The topological polar surface area (TPSA) is 89.9 Å². The van der Waals surface area contributed by atoms with E-state index in [1.807, 2.05) is 0 Å². The zero-order valence-corrected chi connectivity index (χ0v) is 10.3. The van der Waals surface area contributed by atoms with Crippen LogP contribution in [0.15, 0.2) is 5.16 Å². The lowest BCUT2D eigenvalue weighted by molar-refractivity contribution is 0.0634. The van der Waals surface area contributed by atoms with Gasteiger partial charge in [-0.3, -0.25) is 5.32 Å². The smallest absolute Gasteiger partial charge is 0.414 e. The molecule has 0 bridgehead atoms. The van der Waals surface area contributed by atoms with Crippen molar-refractivity contribution in [2.45, 2.75) is 31.5 Å². The van der Waals surface area contributed by atoms with E-state index in [-0.39, 0.29) is 5.95 Å². The highest BCUT2D eigenvalue weighted by atomic mass is 32.2. The lowest BCUT2D eigenvalue weighted by atomic mass is 10.2. The highest BCUT2D eigenvalue weighted by Gasteiger charge is 2.17. The van der Waals surface area contributed by atoms with Gasteiger partial charge < -0.3 is 4.74 Å². The predicted molar refractivity (Wildman–Crippen MR) is 59.3 cm³/mol. The number of carbonyl (C=O) groups is 1. The standard InChI is InChI=1S/C8H13N5O2S/c1-8(2,3)15-7(14)9-5-10-12-6(16-4)13-11-5/h1-4H3,(H,9,10,11,14). The average molecular weight is 243 g/mol. The van der Waals surface area contributed by atoms with Crippen LogP contribution in [0.3, 0.4) is 0 Å². The molecule has 0 unspecified atom stereocenters. The van der Waals surface area contributed by atoms with Crippen LogP contribution in [0.1, 0.15) is 20.8 Å². The molecule has 8 heteroatoms. The van der Waals surface area contributed by atoms with Gasteiger partial charge in [0, 0.05) is 0 Å². The summed E-state index contributed by atoms with van der Waals surface area (Å²) in [6.45, 7) is 5.29. The van der Waals surface area contributed by atoms with Crippen molar-refractivity contribution in [3.63, 3.8) is 0 Å². The van der Waals surface area contributed by atoms with Gasteiger partial charge in [-0.25, -0.2) is 4.79 Å². The number of hydrogen-bond donors (Lipinski definition) is 1. The summed E-state index contributed by atoms with van der Waals surface area (Å²) in [5.74, 6) is 0.0204. The molecule has 16 heavy (non-hydrogen) atoms. The Labute approximate surface area is 97.4 Å². The average Bonchev–Trinajstić information content (AvgIpc) is 2.16. The van der Waals surface area contributed by atoms with Crippen molar-refractivity contribution in [1.82, 2.24) is 20.4 Å². The second-order valence-corrected chi connectivity index (χ2v) is 4.61. The van der Waals surface area contributed by atoms with Crippen molar-refractivity contribution in [1.29, 1.82) is 0 Å². The number of nitrogens with one attached hydrogen (secondary N) is 1. The molecule has 1 heterocycles. The molecule has 1 aromatic rings. The minimum Gasteiger partial charge on any atom is -0.444 e. The number of nitrogens with zero attached hydrogens (tertiary/aromatic N) is 4. The monoisotopic (exact) mass is 243 g/mol. The molecular weight excluding hydrogens is 230 g/mol. The maximum Gasteiger partial charge on any atom is 0.414 e. The number of thioether (sulfide) groups is 1. The molecule has 0 aliphatic rings. The minimum absolute atomic E-state index is 0.0204. The van der Waals surface area contributed by atoms with E-state index in [0.29, 0.717) is 5.16 Å². The van der Waals surface area contributed by atoms with E-state index in [4.69, 9.17) is 4.74 Å². The molecule has 88 valence electrons. The molecule has 1 aromatic heterocycles. The Morgan fingerprint density at radius 3 is 2.25 bits per heavy atom. The van der Waals surface area contributed by atoms with Crippen LogP contribution in [0, 0.1) is 0 Å². The van der Waals surface area contributed by atoms with Crippen LogP contribution in [0.25, 0.3) is 0 Å². The Morgan fingerprint density at radius 2 is 1.81 bits per heavy atom. The number of ether oxygens (including phenoxy) is 1. The van der Waals surface area contributed by atoms with Gasteiger partial charge in [0.2, 0.25) is 5.16 Å². The van der Waals surface area contributed by atoms with Crippen molar-refractivity contribution in [2.24, 2.45) is 0 Å². The SMILES string of the molecule is CSc1nnc(NC(=O)OC(C)(C)C)nn1. The summed E-state index contributed by atoms with van der Waals surface area (Å²) in [7, 11) is 0. The molecule has 1 N–H and O–H groups in total. The first-order chi connectivity index (χ1) is 7.40. The second-order valence-electron chi connectivity index (χ2n) is 3.84. The molecular formula is C8H13N5O2S. The first-order valence-electron chi connectivity index (χ1n) is 4.52. The second kappa shape index (κ2) is 5.06. The lowest BCUT2D eigenvalue weighted by Crippen LogP contribution is -2.28. The number of anilines is 1. The van der Waals surface area contributed by atoms with Crippen LogP contribution in [0.4, 0.5) is 10.7 Å². The summed E-state index contributed by atoms with van der Waals surface area (Å²) < 4.78 is 5.01. The molecule has 7 nitrogen and oxygen atoms in total. The van der Waals surface area contributed by atoms with E-state index in [9.17, 15) is 4.79 Å². The largest absolute Gasteiger partial charge is 0.444 e. The summed E-state index contributed by atoms with van der Waals surface area (Å²) >= 11 is 1.32. The summed E-state index contributed by atoms with van der Waals surface area (Å²) in [4.78, 5) is 11.3. The van der Waals surface area contributed by atoms with Crippen molar-refractivity contribution < 1.29 is 9.53 Å². The van der Waals surface area contributed by atoms with Crippen molar-refractivity contribution in [2.75, 3.05) is 11.6 Å². The molecule has 0 aliphatic heterocycles. The van der Waals surface area contributed by atoms with Crippen molar-refractivity contribution in [3.05, 3.63) is 0 Å². The Morgan fingerprint density at radius 1 is 1.25 bits per heavy atom. The summed E-state index contributed by atoms with van der Waals surface area (Å²) in [5.41, 5.74) is -0.565. The Kier molecular flexibility index (Phi) is 3.99. The fourth-order valence-electron chi connectivity index (χ4n) is 0.747. The molecule has 0 saturated heterocycles. The molecule has 0 atom stereocenters. The predicted octanol–water partition coefficient (Wildman–Crippen LogP) is 1.34. The van der Waals surface area contributed by atoms with Crippen molar-refractivity contribution >= 4 is 23.8 Å². The molecule has 0 aliphatic carbocycles. The third-order valence-electron chi connectivity index (χ3n) is 1.26. The Hall–Kier alpha value is -1.44. The molecule has 0 spiro atoms. The van der Waals surface area contributed by atoms with E-state index < -0.39 is 11.7 Å². The van der Waals surface area contributed by atoms with Gasteiger partial charge in [0.15, 0.2) is 0 Å². The zero-order valence-electron chi connectivity index (χ0n) is 9.51. The van der Waals surface area contributed by atoms with E-state index >= 15 is 0 Å². The third-order valence-corrected chi connectivity index (χ3v) is 1.78. The van der Waals surface area contributed by atoms with E-state index in [2.05, 4.69) is 25.7 Å². The number of carbonyl (C=O) groups excluding carboxylic acids is 1. The third kappa shape index (κ3) is 4.39. The van der Waals surface area contributed by atoms with Crippen LogP contribution < -0.4 is 5.32 Å². The highest BCUT2D eigenvalue weighted by Crippen LogP contribution is 2.09. The molecule has 0 saturated carbocycles. The first kappa shape index (κ1) is 12.6. The fraction of sp³-hybridized carbons (Fsp3) is 0.625. The van der Waals surface area contributed by atoms with Gasteiger partial charge in [0.25, 0.3) is 5.95 Å². The molecule has 1 amide bonds. The van der Waals surface area contributed by atoms with Crippen LogP contribution in [0.5, 0.6) is 0 Å². The Balaban J connectivity index is 2.56. The van der Waals surface area contributed by atoms with Crippen LogP contribution in [-0.2, 0) is 4.74 Å². The van der Waals surface area contributed by atoms with Gasteiger partial charge in [-0.15, -0.1) is 20.4 Å². The molecule has 0 radical (unpaired) electrons. The Bertz CT molecular complexity index is 362. The summed E-state index contributed by atoms with van der Waals surface area (Å²) in [6.07, 6.45) is 1.17. The highest BCUT2D eigenvalue weighted by molar-refractivity contribution is 7.98. The summed E-state index contributed by atoms with van der Waals surface area (Å²) in [6, 6.07) is 0. The fourth-order valence-corrected chi connectivity index (χ4v) is 0.992. The van der Waals surface area contributed by atoms with E-state index in [1.165, 1.54) is 11.8 Å².